The maximum absolute atomic E-state index is 4.80. The van der Waals surface area contributed by atoms with Crippen molar-refractivity contribution in [2.24, 2.45) is 0 Å². The number of likely N-dealkylation sites (N-methyl/N-ethyl adjacent to an activating group) is 1. The summed E-state index contributed by atoms with van der Waals surface area (Å²) in [5, 5.41) is 7.85. The summed E-state index contributed by atoms with van der Waals surface area (Å²) in [4.78, 5) is 15.4. The van der Waals surface area contributed by atoms with Crippen LogP contribution in [0, 0.1) is 0 Å². The smallest absolute Gasteiger partial charge is 0.192 e. The Hall–Kier alpha value is -1.83. The average Bonchev–Trinajstić information content (AvgIpc) is 3.22. The van der Waals surface area contributed by atoms with Crippen LogP contribution in [0.2, 0.25) is 0 Å². The molecular formula is C15H13N5S2. The monoisotopic (exact) mass is 327 g/mol. The minimum absolute atomic E-state index is 0.789. The Kier molecular flexibility index (Phi) is 2.64. The quantitative estimate of drug-likeness (QED) is 0.539. The molecule has 0 amide bonds. The fourth-order valence-corrected chi connectivity index (χ4v) is 4.94. The highest BCUT2D eigenvalue weighted by Crippen LogP contribution is 2.36. The van der Waals surface area contributed by atoms with Crippen LogP contribution in [0.15, 0.2) is 23.8 Å². The Morgan fingerprint density at radius 3 is 3.14 bits per heavy atom. The Bertz CT molecular complexity index is 983. The van der Waals surface area contributed by atoms with Gasteiger partial charge in [-0.3, -0.25) is 0 Å². The van der Waals surface area contributed by atoms with Crippen molar-refractivity contribution in [1.82, 2.24) is 24.5 Å². The highest BCUT2D eigenvalue weighted by Gasteiger charge is 2.22. The van der Waals surface area contributed by atoms with E-state index in [1.165, 1.54) is 15.8 Å². The first-order valence-corrected chi connectivity index (χ1v) is 8.87. The summed E-state index contributed by atoms with van der Waals surface area (Å²) in [6.07, 6.45) is 2.85. The summed E-state index contributed by atoms with van der Waals surface area (Å²) in [5.74, 6) is 0.789. The van der Waals surface area contributed by atoms with Gasteiger partial charge in [0.2, 0.25) is 0 Å². The summed E-state index contributed by atoms with van der Waals surface area (Å²) in [7, 11) is 2.17. The minimum Gasteiger partial charge on any atom is -0.301 e. The Balaban J connectivity index is 1.80. The van der Waals surface area contributed by atoms with Crippen molar-refractivity contribution in [3.05, 3.63) is 34.3 Å². The molecule has 1 aliphatic heterocycles. The number of fused-ring (bicyclic) bond motifs is 5. The highest BCUT2D eigenvalue weighted by atomic mass is 32.1. The molecule has 4 aromatic rings. The standard InChI is InChI=1S/C15H13N5S2/c1-19-5-4-9-11(7-19)22-15-12(9)14-17-13(10-3-2-6-21-10)18-20(14)8-16-15/h2-3,6,8H,4-5,7H2,1H3. The van der Waals surface area contributed by atoms with Crippen molar-refractivity contribution in [2.45, 2.75) is 13.0 Å². The molecule has 7 heteroatoms. The van der Waals surface area contributed by atoms with Crippen LogP contribution in [0.4, 0.5) is 0 Å². The van der Waals surface area contributed by atoms with E-state index in [4.69, 9.17) is 4.98 Å². The second kappa shape index (κ2) is 4.58. The zero-order valence-corrected chi connectivity index (χ0v) is 13.6. The molecule has 1 aliphatic rings. The number of nitrogens with zero attached hydrogens (tertiary/aromatic N) is 5. The number of hydrogen-bond acceptors (Lipinski definition) is 6. The van der Waals surface area contributed by atoms with E-state index in [9.17, 15) is 0 Å². The number of rotatable bonds is 1. The normalized spacial score (nSPS) is 15.7. The molecule has 0 N–H and O–H groups in total. The minimum atomic E-state index is 0.789. The van der Waals surface area contributed by atoms with Gasteiger partial charge in [-0.1, -0.05) is 6.07 Å². The maximum atomic E-state index is 4.80. The van der Waals surface area contributed by atoms with Crippen molar-refractivity contribution >= 4 is 38.5 Å². The first-order valence-electron chi connectivity index (χ1n) is 7.17. The summed E-state index contributed by atoms with van der Waals surface area (Å²) in [6.45, 7) is 2.10. The summed E-state index contributed by atoms with van der Waals surface area (Å²) < 4.78 is 1.82. The van der Waals surface area contributed by atoms with Gasteiger partial charge in [0.15, 0.2) is 11.5 Å². The summed E-state index contributed by atoms with van der Waals surface area (Å²) in [5.41, 5.74) is 2.36. The second-order valence-corrected chi connectivity index (χ2v) is 7.63. The predicted molar refractivity (Wildman–Crippen MR) is 89.5 cm³/mol. The number of hydrogen-bond donors (Lipinski definition) is 0. The van der Waals surface area contributed by atoms with Crippen molar-refractivity contribution < 1.29 is 0 Å². The zero-order valence-electron chi connectivity index (χ0n) is 12.0. The molecule has 4 aromatic heterocycles. The molecular weight excluding hydrogens is 314 g/mol. The van der Waals surface area contributed by atoms with Gasteiger partial charge in [0.1, 0.15) is 11.2 Å². The summed E-state index contributed by atoms with van der Waals surface area (Å²) in [6, 6.07) is 4.09. The predicted octanol–water partition coefficient (Wildman–Crippen LogP) is 3.06. The Morgan fingerprint density at radius 2 is 2.27 bits per heavy atom. The van der Waals surface area contributed by atoms with Gasteiger partial charge in [0.25, 0.3) is 0 Å². The van der Waals surface area contributed by atoms with Crippen molar-refractivity contribution in [3.63, 3.8) is 0 Å². The third kappa shape index (κ3) is 1.76. The lowest BCUT2D eigenvalue weighted by atomic mass is 10.1. The van der Waals surface area contributed by atoms with Gasteiger partial charge >= 0.3 is 0 Å². The molecule has 5 nitrogen and oxygen atoms in total. The van der Waals surface area contributed by atoms with Gasteiger partial charge in [-0.25, -0.2) is 14.5 Å². The molecule has 0 aliphatic carbocycles. The van der Waals surface area contributed by atoms with Crippen molar-refractivity contribution in [2.75, 3.05) is 13.6 Å². The van der Waals surface area contributed by atoms with Crippen LogP contribution in [-0.2, 0) is 13.0 Å². The molecule has 0 fully saturated rings. The van der Waals surface area contributed by atoms with E-state index in [1.54, 1.807) is 29.0 Å². The zero-order chi connectivity index (χ0) is 14.7. The Labute approximate surface area is 134 Å². The molecule has 0 saturated carbocycles. The molecule has 0 radical (unpaired) electrons. The third-order valence-electron chi connectivity index (χ3n) is 4.11. The molecule has 22 heavy (non-hydrogen) atoms. The van der Waals surface area contributed by atoms with Gasteiger partial charge < -0.3 is 4.90 Å². The SMILES string of the molecule is CN1CCc2c(sc3ncn4nc(-c5cccs5)nc4c23)C1. The second-order valence-electron chi connectivity index (χ2n) is 5.60. The first-order chi connectivity index (χ1) is 10.8. The molecule has 0 atom stereocenters. The van der Waals surface area contributed by atoms with Crippen LogP contribution in [0.1, 0.15) is 10.4 Å². The van der Waals surface area contributed by atoms with Crippen LogP contribution in [0.3, 0.4) is 0 Å². The fraction of sp³-hybridized carbons (Fsp3) is 0.267. The molecule has 0 aromatic carbocycles. The van der Waals surface area contributed by atoms with E-state index in [1.807, 2.05) is 10.6 Å². The van der Waals surface area contributed by atoms with E-state index in [-0.39, 0.29) is 0 Å². The van der Waals surface area contributed by atoms with Gasteiger partial charge in [-0.2, -0.15) is 0 Å². The molecule has 0 bridgehead atoms. The largest absolute Gasteiger partial charge is 0.301 e. The van der Waals surface area contributed by atoms with Crippen LogP contribution >= 0.6 is 22.7 Å². The molecule has 0 unspecified atom stereocenters. The molecule has 5 rings (SSSR count). The molecule has 110 valence electrons. The molecule has 0 spiro atoms. The molecule has 5 heterocycles. The van der Waals surface area contributed by atoms with E-state index in [2.05, 4.69) is 33.5 Å². The highest BCUT2D eigenvalue weighted by molar-refractivity contribution is 7.19. The first kappa shape index (κ1) is 12.7. The lowest BCUT2D eigenvalue weighted by Crippen LogP contribution is -2.25. The van der Waals surface area contributed by atoms with E-state index >= 15 is 0 Å². The lowest BCUT2D eigenvalue weighted by Gasteiger charge is -2.21. The van der Waals surface area contributed by atoms with Gasteiger partial charge in [0, 0.05) is 18.0 Å². The van der Waals surface area contributed by atoms with Crippen molar-refractivity contribution in [1.29, 1.82) is 0 Å². The van der Waals surface area contributed by atoms with Gasteiger partial charge in [0.05, 0.1) is 10.3 Å². The van der Waals surface area contributed by atoms with Crippen LogP contribution < -0.4 is 0 Å². The van der Waals surface area contributed by atoms with E-state index in [0.29, 0.717) is 0 Å². The fourth-order valence-electron chi connectivity index (χ4n) is 3.03. The number of aromatic nitrogens is 4. The topological polar surface area (TPSA) is 46.3 Å². The lowest BCUT2D eigenvalue weighted by molar-refractivity contribution is 0.318. The summed E-state index contributed by atoms with van der Waals surface area (Å²) >= 11 is 3.46. The molecule has 0 saturated heterocycles. The Morgan fingerprint density at radius 1 is 1.32 bits per heavy atom. The van der Waals surface area contributed by atoms with Gasteiger partial charge in [-0.15, -0.1) is 27.8 Å². The van der Waals surface area contributed by atoms with Crippen molar-refractivity contribution in [3.8, 4) is 10.7 Å². The maximum Gasteiger partial charge on any atom is 0.192 e. The van der Waals surface area contributed by atoms with Gasteiger partial charge in [-0.05, 0) is 30.5 Å². The van der Waals surface area contributed by atoms with Crippen LogP contribution in [0.5, 0.6) is 0 Å². The average molecular weight is 327 g/mol. The number of thiophene rings is 2. The van der Waals surface area contributed by atoms with E-state index in [0.717, 1.165) is 40.7 Å². The van der Waals surface area contributed by atoms with E-state index < -0.39 is 0 Å². The third-order valence-corrected chi connectivity index (χ3v) is 6.10. The van der Waals surface area contributed by atoms with Crippen LogP contribution in [-0.4, -0.2) is 38.1 Å². The van der Waals surface area contributed by atoms with Crippen LogP contribution in [0.25, 0.3) is 26.6 Å².